The Balaban J connectivity index is 2.04. The fourth-order valence-electron chi connectivity index (χ4n) is 3.65. The van der Waals surface area contributed by atoms with E-state index in [0.717, 1.165) is 21.1 Å². The van der Waals surface area contributed by atoms with E-state index >= 15 is 0 Å². The minimum Gasteiger partial charge on any atom is -0.860 e. The zero-order chi connectivity index (χ0) is 17.4. The van der Waals surface area contributed by atoms with Crippen LogP contribution in [0.1, 0.15) is 30.4 Å². The molecule has 0 radical (unpaired) electrons. The summed E-state index contributed by atoms with van der Waals surface area (Å²) in [6, 6.07) is 10.2. The molecule has 1 aliphatic heterocycles. The monoisotopic (exact) mass is 328 g/mol. The molecule has 1 aliphatic rings. The lowest BCUT2D eigenvalue weighted by molar-refractivity contribution is -0.281. The second-order valence-corrected chi connectivity index (χ2v) is 6.63. The molecule has 6 heteroatoms. The first-order valence-corrected chi connectivity index (χ1v) is 8.17. The Bertz CT molecular complexity index is 854. The maximum Gasteiger partial charge on any atom is 0.329 e. The molecule has 2 heterocycles. The van der Waals surface area contributed by atoms with Crippen LogP contribution in [0.15, 0.2) is 39.9 Å². The van der Waals surface area contributed by atoms with Crippen LogP contribution in [0, 0.1) is 0 Å². The molecule has 3 unspecified atom stereocenters. The third-order valence-electron chi connectivity index (χ3n) is 4.90. The molecule has 6 nitrogen and oxygen atoms in total. The third-order valence-corrected chi connectivity index (χ3v) is 4.90. The fraction of sp³-hybridized carbons (Fsp3) is 0.444. The molecule has 3 rings (SSSR count). The van der Waals surface area contributed by atoms with E-state index in [1.165, 1.54) is 14.1 Å². The fourth-order valence-corrected chi connectivity index (χ4v) is 3.65. The predicted octanol–water partition coefficient (Wildman–Crippen LogP) is 0.234. The van der Waals surface area contributed by atoms with Gasteiger partial charge in [-0.1, -0.05) is 30.3 Å². The topological polar surface area (TPSA) is 79.1 Å². The number of aromatic nitrogens is 2. The first-order valence-electron chi connectivity index (χ1n) is 8.17. The molecule has 0 saturated carbocycles. The SMILES string of the molecule is CC1CC(c2c([O-])n(C)c(=O)n(C)c2=O)C(Cc2ccccc2)N1. The van der Waals surface area contributed by atoms with Crippen molar-refractivity contribution in [2.24, 2.45) is 14.1 Å². The van der Waals surface area contributed by atoms with Gasteiger partial charge in [0, 0.05) is 37.7 Å². The molecule has 0 bridgehead atoms. The van der Waals surface area contributed by atoms with Crippen LogP contribution in [-0.4, -0.2) is 21.2 Å². The molecule has 2 aromatic rings. The second-order valence-electron chi connectivity index (χ2n) is 6.63. The van der Waals surface area contributed by atoms with Crippen LogP contribution in [0.5, 0.6) is 5.88 Å². The lowest BCUT2D eigenvalue weighted by atomic mass is 9.88. The number of rotatable bonds is 3. The summed E-state index contributed by atoms with van der Waals surface area (Å²) in [5.41, 5.74) is 0.329. The highest BCUT2D eigenvalue weighted by molar-refractivity contribution is 5.31. The summed E-state index contributed by atoms with van der Waals surface area (Å²) < 4.78 is 2.05. The van der Waals surface area contributed by atoms with Crippen LogP contribution in [-0.2, 0) is 20.5 Å². The van der Waals surface area contributed by atoms with Gasteiger partial charge in [-0.05, 0) is 31.2 Å². The number of hydrogen-bond acceptors (Lipinski definition) is 4. The standard InChI is InChI=1S/C18H23N3O3/c1-11-9-13(14(19-11)10-12-7-5-4-6-8-12)15-16(22)20(2)18(24)21(3)17(15)23/h4-8,11,13-14,19,22H,9-10H2,1-3H3/p-1. The highest BCUT2D eigenvalue weighted by Gasteiger charge is 2.35. The highest BCUT2D eigenvalue weighted by Crippen LogP contribution is 2.33. The van der Waals surface area contributed by atoms with E-state index in [1.54, 1.807) is 0 Å². The van der Waals surface area contributed by atoms with Crippen LogP contribution in [0.3, 0.4) is 0 Å². The molecule has 0 aliphatic carbocycles. The quantitative estimate of drug-likeness (QED) is 0.875. The molecule has 0 spiro atoms. The van der Waals surface area contributed by atoms with Gasteiger partial charge in [-0.25, -0.2) is 4.79 Å². The summed E-state index contributed by atoms with van der Waals surface area (Å²) in [6.45, 7) is 2.05. The molecule has 24 heavy (non-hydrogen) atoms. The highest BCUT2D eigenvalue weighted by atomic mass is 16.3. The van der Waals surface area contributed by atoms with E-state index in [2.05, 4.69) is 12.2 Å². The van der Waals surface area contributed by atoms with E-state index in [1.807, 2.05) is 30.3 Å². The van der Waals surface area contributed by atoms with Crippen molar-refractivity contribution in [3.8, 4) is 5.88 Å². The molecule has 128 valence electrons. The summed E-state index contributed by atoms with van der Waals surface area (Å²) in [5.74, 6) is -0.666. The second kappa shape index (κ2) is 6.28. The first-order chi connectivity index (χ1) is 11.4. The van der Waals surface area contributed by atoms with Gasteiger partial charge >= 0.3 is 5.69 Å². The van der Waals surface area contributed by atoms with Gasteiger partial charge in [-0.2, -0.15) is 0 Å². The third kappa shape index (κ3) is 2.78. The van der Waals surface area contributed by atoms with E-state index in [4.69, 9.17) is 0 Å². The number of benzene rings is 1. The Hall–Kier alpha value is -2.34. The van der Waals surface area contributed by atoms with Crippen molar-refractivity contribution in [1.82, 2.24) is 14.5 Å². The van der Waals surface area contributed by atoms with Gasteiger partial charge in [0.05, 0.1) is 0 Å². The smallest absolute Gasteiger partial charge is 0.329 e. The molecule has 1 N–H and O–H groups in total. The van der Waals surface area contributed by atoms with Crippen molar-refractivity contribution in [3.05, 3.63) is 62.3 Å². The lowest BCUT2D eigenvalue weighted by Gasteiger charge is -2.26. The summed E-state index contributed by atoms with van der Waals surface area (Å²) in [5, 5.41) is 16.1. The minimum atomic E-state index is -0.577. The molecule has 1 saturated heterocycles. The summed E-state index contributed by atoms with van der Waals surface area (Å²) in [6.07, 6.45) is 1.45. The van der Waals surface area contributed by atoms with E-state index in [-0.39, 0.29) is 23.6 Å². The van der Waals surface area contributed by atoms with Crippen molar-refractivity contribution < 1.29 is 5.11 Å². The molecule has 1 aromatic heterocycles. The Morgan fingerprint density at radius 2 is 1.83 bits per heavy atom. The van der Waals surface area contributed by atoms with Crippen molar-refractivity contribution in [2.75, 3.05) is 0 Å². The summed E-state index contributed by atoms with van der Waals surface area (Å²) in [4.78, 5) is 24.5. The maximum absolute atomic E-state index is 12.6. The number of nitrogens with one attached hydrogen (secondary N) is 1. The van der Waals surface area contributed by atoms with E-state index in [0.29, 0.717) is 6.42 Å². The van der Waals surface area contributed by atoms with Gasteiger partial charge in [0.25, 0.3) is 5.56 Å². The molecule has 0 amide bonds. The molecule has 3 atom stereocenters. The largest absolute Gasteiger partial charge is 0.860 e. The molecule has 1 fully saturated rings. The first kappa shape index (κ1) is 16.5. The van der Waals surface area contributed by atoms with Gasteiger partial charge in [0.2, 0.25) is 0 Å². The molecular formula is C18H22N3O3-. The van der Waals surface area contributed by atoms with Crippen LogP contribution >= 0.6 is 0 Å². The van der Waals surface area contributed by atoms with Crippen LogP contribution in [0.4, 0.5) is 0 Å². The molecular weight excluding hydrogens is 306 g/mol. The van der Waals surface area contributed by atoms with Crippen molar-refractivity contribution in [2.45, 2.75) is 37.8 Å². The summed E-state index contributed by atoms with van der Waals surface area (Å²) >= 11 is 0. The number of nitrogens with zero attached hydrogens (tertiary/aromatic N) is 2. The zero-order valence-electron chi connectivity index (χ0n) is 14.2. The predicted molar refractivity (Wildman–Crippen MR) is 90.3 cm³/mol. The Kier molecular flexibility index (Phi) is 4.32. The molecule has 1 aromatic carbocycles. The van der Waals surface area contributed by atoms with Crippen LogP contribution in [0.2, 0.25) is 0 Å². The zero-order valence-corrected chi connectivity index (χ0v) is 14.2. The van der Waals surface area contributed by atoms with Gasteiger partial charge in [0.1, 0.15) is 0 Å². The normalized spacial score (nSPS) is 23.5. The lowest BCUT2D eigenvalue weighted by Crippen LogP contribution is -2.43. The van der Waals surface area contributed by atoms with Gasteiger partial charge < -0.3 is 15.0 Å². The van der Waals surface area contributed by atoms with E-state index < -0.39 is 17.1 Å². The van der Waals surface area contributed by atoms with Gasteiger partial charge in [-0.15, -0.1) is 0 Å². The average molecular weight is 328 g/mol. The van der Waals surface area contributed by atoms with Crippen LogP contribution in [0.25, 0.3) is 0 Å². The van der Waals surface area contributed by atoms with Gasteiger partial charge in [-0.3, -0.25) is 9.36 Å². The van der Waals surface area contributed by atoms with Gasteiger partial charge in [0.15, 0.2) is 0 Å². The van der Waals surface area contributed by atoms with Crippen molar-refractivity contribution in [1.29, 1.82) is 0 Å². The van der Waals surface area contributed by atoms with E-state index in [9.17, 15) is 14.7 Å². The maximum atomic E-state index is 12.6. The van der Waals surface area contributed by atoms with Crippen LogP contribution < -0.4 is 21.7 Å². The van der Waals surface area contributed by atoms with Crippen molar-refractivity contribution >= 4 is 0 Å². The summed E-state index contributed by atoms with van der Waals surface area (Å²) in [7, 11) is 2.84. The Labute approximate surface area is 140 Å². The number of hydrogen-bond donors (Lipinski definition) is 1. The Morgan fingerprint density at radius 1 is 1.17 bits per heavy atom. The Morgan fingerprint density at radius 3 is 2.50 bits per heavy atom. The average Bonchev–Trinajstić information content (AvgIpc) is 2.92. The van der Waals surface area contributed by atoms with Crippen molar-refractivity contribution in [3.63, 3.8) is 0 Å². The minimum absolute atomic E-state index is 0.000280.